The number of esters is 3. The fourth-order valence-corrected chi connectivity index (χ4v) is 5.27. The van der Waals surface area contributed by atoms with Crippen molar-refractivity contribution in [3.05, 3.63) is 72.9 Å². The summed E-state index contributed by atoms with van der Waals surface area (Å²) in [5, 5.41) is 0. The molecule has 0 rings (SSSR count). The molecule has 0 spiro atoms. The van der Waals surface area contributed by atoms with Crippen LogP contribution in [0.15, 0.2) is 72.9 Å². The third-order valence-electron chi connectivity index (χ3n) is 8.30. The van der Waals surface area contributed by atoms with Gasteiger partial charge in [0.2, 0.25) is 0 Å². The molecule has 0 N–H and O–H groups in total. The maximum atomic E-state index is 12.6. The Balaban J connectivity index is 4.49. The first-order valence-electron chi connectivity index (χ1n) is 20.5. The van der Waals surface area contributed by atoms with Crippen LogP contribution in [0.5, 0.6) is 0 Å². The summed E-state index contributed by atoms with van der Waals surface area (Å²) in [7, 11) is 0. The van der Waals surface area contributed by atoms with E-state index in [1.807, 2.05) is 12.2 Å². The van der Waals surface area contributed by atoms with Crippen LogP contribution < -0.4 is 0 Å². The van der Waals surface area contributed by atoms with Crippen LogP contribution in [0.4, 0.5) is 0 Å². The predicted octanol–water partition coefficient (Wildman–Crippen LogP) is 12.7. The molecule has 0 aliphatic rings. The van der Waals surface area contributed by atoms with Crippen molar-refractivity contribution in [2.75, 3.05) is 13.2 Å². The molecule has 0 bridgehead atoms. The van der Waals surface area contributed by atoms with Crippen molar-refractivity contribution in [3.8, 4) is 0 Å². The summed E-state index contributed by atoms with van der Waals surface area (Å²) in [6, 6.07) is 0. The Hall–Kier alpha value is -3.15. The Bertz CT molecular complexity index is 1000. The summed E-state index contributed by atoms with van der Waals surface area (Å²) in [5.41, 5.74) is 0. The summed E-state index contributed by atoms with van der Waals surface area (Å²) in [5.74, 6) is -1.07. The molecule has 0 saturated heterocycles. The minimum atomic E-state index is -0.813. The van der Waals surface area contributed by atoms with Gasteiger partial charge in [-0.15, -0.1) is 0 Å². The molecule has 0 fully saturated rings. The normalized spacial score (nSPS) is 12.8. The van der Waals surface area contributed by atoms with Crippen molar-refractivity contribution in [2.24, 2.45) is 0 Å². The average molecular weight is 711 g/mol. The molecule has 1 atom stereocenters. The molecule has 6 heteroatoms. The van der Waals surface area contributed by atoms with Gasteiger partial charge in [0.05, 0.1) is 6.42 Å². The van der Waals surface area contributed by atoms with E-state index in [-0.39, 0.29) is 31.6 Å². The molecule has 0 aliphatic carbocycles. The highest BCUT2D eigenvalue weighted by Gasteiger charge is 2.19. The molecule has 0 aromatic carbocycles. The van der Waals surface area contributed by atoms with Gasteiger partial charge in [0.1, 0.15) is 13.2 Å². The van der Waals surface area contributed by atoms with Gasteiger partial charge in [-0.3, -0.25) is 14.4 Å². The maximum absolute atomic E-state index is 12.6. The second-order valence-electron chi connectivity index (χ2n) is 13.2. The summed E-state index contributed by atoms with van der Waals surface area (Å²) in [6.45, 7) is 6.23. The van der Waals surface area contributed by atoms with Crippen LogP contribution in [-0.2, 0) is 28.6 Å². The molecular weight excluding hydrogens is 636 g/mol. The fraction of sp³-hybridized carbons (Fsp3) is 0.667. The Morgan fingerprint density at radius 1 is 0.451 bits per heavy atom. The lowest BCUT2D eigenvalue weighted by molar-refractivity contribution is -0.166. The summed E-state index contributed by atoms with van der Waals surface area (Å²) >= 11 is 0. The molecule has 0 saturated carbocycles. The Labute approximate surface area is 312 Å². The summed E-state index contributed by atoms with van der Waals surface area (Å²) in [6.07, 6.45) is 47.7. The maximum Gasteiger partial charge on any atom is 0.309 e. The minimum absolute atomic E-state index is 0.113. The van der Waals surface area contributed by atoms with Crippen molar-refractivity contribution < 1.29 is 28.6 Å². The number of carbonyl (C=O) groups excluding carboxylic acids is 3. The van der Waals surface area contributed by atoms with Gasteiger partial charge >= 0.3 is 17.9 Å². The van der Waals surface area contributed by atoms with Crippen LogP contribution >= 0.6 is 0 Å². The number of ether oxygens (including phenoxy) is 3. The Morgan fingerprint density at radius 3 is 1.51 bits per heavy atom. The van der Waals surface area contributed by atoms with Crippen LogP contribution in [0.1, 0.15) is 175 Å². The quantitative estimate of drug-likeness (QED) is 0.0214. The van der Waals surface area contributed by atoms with Crippen LogP contribution in [0.3, 0.4) is 0 Å². The third-order valence-corrected chi connectivity index (χ3v) is 8.30. The highest BCUT2D eigenvalue weighted by atomic mass is 16.6. The van der Waals surface area contributed by atoms with Crippen molar-refractivity contribution >= 4 is 17.9 Å². The van der Waals surface area contributed by atoms with E-state index in [0.29, 0.717) is 12.8 Å². The Morgan fingerprint density at radius 2 is 0.922 bits per heavy atom. The molecule has 51 heavy (non-hydrogen) atoms. The number of allylic oxidation sites excluding steroid dienone is 11. The lowest BCUT2D eigenvalue weighted by Gasteiger charge is -2.18. The lowest BCUT2D eigenvalue weighted by atomic mass is 10.1. The Kier molecular flexibility index (Phi) is 37.2. The van der Waals surface area contributed by atoms with Gasteiger partial charge in [-0.05, 0) is 51.4 Å². The van der Waals surface area contributed by atoms with Crippen molar-refractivity contribution in [1.29, 1.82) is 0 Å². The van der Waals surface area contributed by atoms with E-state index in [2.05, 4.69) is 75.5 Å². The van der Waals surface area contributed by atoms with E-state index >= 15 is 0 Å². The second-order valence-corrected chi connectivity index (χ2v) is 13.2. The van der Waals surface area contributed by atoms with E-state index < -0.39 is 12.1 Å². The van der Waals surface area contributed by atoms with Crippen molar-refractivity contribution in [3.63, 3.8) is 0 Å². The zero-order valence-corrected chi connectivity index (χ0v) is 32.8. The van der Waals surface area contributed by atoms with E-state index in [1.165, 1.54) is 51.4 Å². The highest BCUT2D eigenvalue weighted by Crippen LogP contribution is 2.13. The number of hydrogen-bond acceptors (Lipinski definition) is 6. The van der Waals surface area contributed by atoms with Gasteiger partial charge < -0.3 is 14.2 Å². The SMILES string of the molecule is CC\C=C/C=C\C=C/CCCCCCCC(=O)OCC(COC(=O)C/C=C\C/C=C\C/C=C\CC)OC(=O)CCCCCCCCCCCCC. The van der Waals surface area contributed by atoms with Crippen LogP contribution in [0.2, 0.25) is 0 Å². The van der Waals surface area contributed by atoms with Crippen LogP contribution in [0.25, 0.3) is 0 Å². The topological polar surface area (TPSA) is 78.9 Å². The number of unbranched alkanes of at least 4 members (excludes halogenated alkanes) is 15. The van der Waals surface area contributed by atoms with Gasteiger partial charge in [0.15, 0.2) is 6.10 Å². The smallest absolute Gasteiger partial charge is 0.309 e. The molecule has 0 amide bonds. The number of hydrogen-bond donors (Lipinski definition) is 0. The molecule has 0 aromatic rings. The zero-order chi connectivity index (χ0) is 37.3. The standard InChI is InChI=1S/C45H74O6/c1-4-7-10-13-16-19-21-22-24-26-29-32-35-38-44(47)50-41-42(40-49-43(46)37-34-31-28-25-18-15-12-9-6-3)51-45(48)39-36-33-30-27-23-20-17-14-11-8-5-2/h7,9-10,12-13,16,18-19,21,25,31,34,42H,4-6,8,11,14-15,17,20,22-24,26-30,32-33,35-41H2,1-3H3/b10-7-,12-9-,16-13-,21-19-,25-18-,34-31-. The molecular formula is C45H74O6. The molecule has 0 radical (unpaired) electrons. The van der Waals surface area contributed by atoms with E-state index in [1.54, 1.807) is 6.08 Å². The van der Waals surface area contributed by atoms with Crippen molar-refractivity contribution in [2.45, 2.75) is 181 Å². The van der Waals surface area contributed by atoms with Gasteiger partial charge in [-0.1, -0.05) is 177 Å². The first kappa shape index (κ1) is 47.8. The largest absolute Gasteiger partial charge is 0.462 e. The molecule has 290 valence electrons. The third kappa shape index (κ3) is 37.9. The van der Waals surface area contributed by atoms with E-state index in [0.717, 1.165) is 83.5 Å². The van der Waals surface area contributed by atoms with E-state index in [9.17, 15) is 14.4 Å². The highest BCUT2D eigenvalue weighted by molar-refractivity contribution is 5.72. The molecule has 0 heterocycles. The fourth-order valence-electron chi connectivity index (χ4n) is 5.27. The summed E-state index contributed by atoms with van der Waals surface area (Å²) in [4.78, 5) is 37.4. The first-order chi connectivity index (χ1) is 25.0. The summed E-state index contributed by atoms with van der Waals surface area (Å²) < 4.78 is 16.5. The molecule has 1 unspecified atom stereocenters. The van der Waals surface area contributed by atoms with E-state index in [4.69, 9.17) is 14.2 Å². The van der Waals surface area contributed by atoms with Crippen LogP contribution in [-0.4, -0.2) is 37.2 Å². The van der Waals surface area contributed by atoms with Gasteiger partial charge in [-0.2, -0.15) is 0 Å². The molecule has 0 aromatic heterocycles. The average Bonchev–Trinajstić information content (AvgIpc) is 3.12. The van der Waals surface area contributed by atoms with Gasteiger partial charge in [0.25, 0.3) is 0 Å². The van der Waals surface area contributed by atoms with Crippen molar-refractivity contribution in [1.82, 2.24) is 0 Å². The lowest BCUT2D eigenvalue weighted by Crippen LogP contribution is -2.30. The molecule has 6 nitrogen and oxygen atoms in total. The zero-order valence-electron chi connectivity index (χ0n) is 32.8. The monoisotopic (exact) mass is 711 g/mol. The van der Waals surface area contributed by atoms with Gasteiger partial charge in [0, 0.05) is 12.8 Å². The predicted molar refractivity (Wildman–Crippen MR) is 214 cm³/mol. The first-order valence-corrected chi connectivity index (χ1v) is 20.5. The van der Waals surface area contributed by atoms with Crippen LogP contribution in [0, 0.1) is 0 Å². The minimum Gasteiger partial charge on any atom is -0.462 e. The molecule has 0 aliphatic heterocycles. The number of carbonyl (C=O) groups is 3. The number of rotatable bonds is 35. The second kappa shape index (κ2) is 39.6. The van der Waals surface area contributed by atoms with Gasteiger partial charge in [-0.25, -0.2) is 0 Å².